The third-order valence-electron chi connectivity index (χ3n) is 7.86. The zero-order chi connectivity index (χ0) is 26.4. The molecular formula is C36H34OP2. The monoisotopic (exact) mass is 544 g/mol. The minimum atomic E-state index is -0.786. The lowest BCUT2D eigenvalue weighted by atomic mass is 9.94. The van der Waals surface area contributed by atoms with Crippen molar-refractivity contribution in [1.82, 2.24) is 0 Å². The summed E-state index contributed by atoms with van der Waals surface area (Å²) in [5, 5.41) is 19.0. The fourth-order valence-corrected chi connectivity index (χ4v) is 11.8. The van der Waals surface area contributed by atoms with Crippen molar-refractivity contribution in [2.24, 2.45) is 5.92 Å². The summed E-state index contributed by atoms with van der Waals surface area (Å²) in [6.45, 7) is 0. The Labute approximate surface area is 235 Å². The first-order chi connectivity index (χ1) is 19.3. The van der Waals surface area contributed by atoms with Crippen molar-refractivity contribution in [3.05, 3.63) is 151 Å². The molecule has 0 aromatic heterocycles. The summed E-state index contributed by atoms with van der Waals surface area (Å²) in [5.41, 5.74) is 1.54. The molecule has 0 spiro atoms. The maximum Gasteiger partial charge on any atom is 0.0830 e. The maximum atomic E-state index is 12.3. The van der Waals surface area contributed by atoms with Crippen LogP contribution in [-0.2, 0) is 0 Å². The van der Waals surface area contributed by atoms with Crippen LogP contribution in [0.15, 0.2) is 146 Å². The summed E-state index contributed by atoms with van der Waals surface area (Å²) < 4.78 is 0. The Balaban J connectivity index is 1.41. The highest BCUT2D eigenvalue weighted by Crippen LogP contribution is 2.53. The Morgan fingerprint density at radius 1 is 0.513 bits per heavy atom. The van der Waals surface area contributed by atoms with Gasteiger partial charge in [-0.05, 0) is 72.3 Å². The van der Waals surface area contributed by atoms with Crippen LogP contribution in [0, 0.1) is 5.92 Å². The van der Waals surface area contributed by atoms with Crippen LogP contribution in [0.5, 0.6) is 0 Å². The molecule has 0 saturated heterocycles. The van der Waals surface area contributed by atoms with Gasteiger partial charge in [0.1, 0.15) is 0 Å². The van der Waals surface area contributed by atoms with Crippen LogP contribution in [0.3, 0.4) is 0 Å². The van der Waals surface area contributed by atoms with E-state index < -0.39 is 21.9 Å². The molecule has 0 aliphatic heterocycles. The van der Waals surface area contributed by atoms with Crippen molar-refractivity contribution in [3.8, 4) is 0 Å². The summed E-state index contributed by atoms with van der Waals surface area (Å²) in [6.07, 6.45) is 2.89. The van der Waals surface area contributed by atoms with Gasteiger partial charge in [0, 0.05) is 0 Å². The molecule has 1 aliphatic rings. The molecule has 1 fully saturated rings. The molecule has 1 N–H and O–H groups in total. The lowest BCUT2D eigenvalue weighted by Crippen LogP contribution is -2.31. The van der Waals surface area contributed by atoms with E-state index in [1.54, 1.807) is 0 Å². The van der Waals surface area contributed by atoms with E-state index in [2.05, 4.69) is 146 Å². The summed E-state index contributed by atoms with van der Waals surface area (Å²) in [4.78, 5) is 0. The quantitative estimate of drug-likeness (QED) is 0.214. The van der Waals surface area contributed by atoms with Crippen LogP contribution in [0.25, 0.3) is 0 Å². The number of hydrogen-bond acceptors (Lipinski definition) is 1. The number of aliphatic hydroxyl groups is 1. The van der Waals surface area contributed by atoms with Gasteiger partial charge in [-0.25, -0.2) is 0 Å². The van der Waals surface area contributed by atoms with E-state index in [1.165, 1.54) is 32.9 Å². The Morgan fingerprint density at radius 3 is 1.46 bits per heavy atom. The highest BCUT2D eigenvalue weighted by molar-refractivity contribution is 7.80. The fraction of sp³-hybridized carbons (Fsp3) is 0.167. The van der Waals surface area contributed by atoms with Gasteiger partial charge in [-0.2, -0.15) is 0 Å². The predicted octanol–water partition coefficient (Wildman–Crippen LogP) is 6.78. The smallest absolute Gasteiger partial charge is 0.0830 e. The first-order valence-corrected chi connectivity index (χ1v) is 16.6. The molecule has 1 nitrogen and oxygen atoms in total. The minimum Gasteiger partial charge on any atom is -0.388 e. The largest absolute Gasteiger partial charge is 0.388 e. The summed E-state index contributed by atoms with van der Waals surface area (Å²) in [7, 11) is -1.37. The van der Waals surface area contributed by atoms with Crippen molar-refractivity contribution >= 4 is 42.4 Å². The van der Waals surface area contributed by atoms with E-state index in [4.69, 9.17) is 0 Å². The van der Waals surface area contributed by atoms with Crippen molar-refractivity contribution in [3.63, 3.8) is 0 Å². The standard InChI is InChI=1S/C36H34OP2/c37-36(33-25-15-27-35(33)39(30-20-9-3-10-21-30)31-22-11-4-12-23-31)32-24-13-14-26-34(32)38(28-16-5-1-6-17-28)29-18-7-2-8-19-29/h1-14,16-24,26,33,35-37H,15,25,27H2/t33?,35?,36-/m0/s1. The average Bonchev–Trinajstić information content (AvgIpc) is 3.49. The van der Waals surface area contributed by atoms with Gasteiger partial charge >= 0.3 is 0 Å². The molecule has 1 saturated carbocycles. The molecule has 39 heavy (non-hydrogen) atoms. The molecule has 0 radical (unpaired) electrons. The maximum absolute atomic E-state index is 12.3. The zero-order valence-electron chi connectivity index (χ0n) is 22.1. The molecule has 5 aromatic rings. The van der Waals surface area contributed by atoms with E-state index in [9.17, 15) is 5.11 Å². The van der Waals surface area contributed by atoms with Gasteiger partial charge in [0.2, 0.25) is 0 Å². The first-order valence-electron chi connectivity index (χ1n) is 13.9. The van der Waals surface area contributed by atoms with Crippen LogP contribution in [0.4, 0.5) is 0 Å². The second kappa shape index (κ2) is 12.4. The van der Waals surface area contributed by atoms with E-state index in [0.717, 1.165) is 18.4 Å². The molecule has 5 aromatic carbocycles. The number of hydrogen-bond donors (Lipinski definition) is 1. The van der Waals surface area contributed by atoms with Gasteiger partial charge in [-0.15, -0.1) is 0 Å². The SMILES string of the molecule is O[C@@H](c1ccccc1P(c1ccccc1)c1ccccc1)C1CCCC1P(c1ccccc1)c1ccccc1. The van der Waals surface area contributed by atoms with Gasteiger partial charge in [-0.3, -0.25) is 0 Å². The zero-order valence-corrected chi connectivity index (χ0v) is 23.8. The molecule has 0 amide bonds. The lowest BCUT2D eigenvalue weighted by molar-refractivity contribution is 0.114. The van der Waals surface area contributed by atoms with Crippen LogP contribution in [-0.4, -0.2) is 10.8 Å². The summed E-state index contributed by atoms with van der Waals surface area (Å²) >= 11 is 0. The van der Waals surface area contributed by atoms with E-state index >= 15 is 0 Å². The Bertz CT molecular complexity index is 1380. The molecule has 3 atom stereocenters. The van der Waals surface area contributed by atoms with Crippen LogP contribution < -0.4 is 26.5 Å². The van der Waals surface area contributed by atoms with Gasteiger partial charge in [0.05, 0.1) is 6.10 Å². The van der Waals surface area contributed by atoms with E-state index in [0.29, 0.717) is 5.66 Å². The highest BCUT2D eigenvalue weighted by atomic mass is 31.1. The number of rotatable bonds is 8. The Kier molecular flexibility index (Phi) is 8.32. The van der Waals surface area contributed by atoms with Crippen LogP contribution in [0.2, 0.25) is 0 Å². The van der Waals surface area contributed by atoms with Gasteiger partial charge in [0.15, 0.2) is 0 Å². The third kappa shape index (κ3) is 5.64. The van der Waals surface area contributed by atoms with Crippen molar-refractivity contribution in [2.75, 3.05) is 0 Å². The van der Waals surface area contributed by atoms with Gasteiger partial charge < -0.3 is 5.11 Å². The Hall–Kier alpha value is -3.08. The normalized spacial score (nSPS) is 17.9. The second-order valence-corrected chi connectivity index (χ2v) is 14.8. The second-order valence-electron chi connectivity index (χ2n) is 10.2. The average molecular weight is 545 g/mol. The van der Waals surface area contributed by atoms with Crippen molar-refractivity contribution in [2.45, 2.75) is 31.0 Å². The van der Waals surface area contributed by atoms with Gasteiger partial charge in [0.25, 0.3) is 0 Å². The summed E-state index contributed by atoms with van der Waals surface area (Å²) in [5.74, 6) is 0.223. The van der Waals surface area contributed by atoms with Gasteiger partial charge in [-0.1, -0.05) is 152 Å². The molecular weight excluding hydrogens is 510 g/mol. The predicted molar refractivity (Wildman–Crippen MR) is 170 cm³/mol. The highest BCUT2D eigenvalue weighted by Gasteiger charge is 2.40. The first kappa shape index (κ1) is 26.2. The third-order valence-corrected chi connectivity index (χ3v) is 13.4. The topological polar surface area (TPSA) is 20.2 Å². The molecule has 2 unspecified atom stereocenters. The van der Waals surface area contributed by atoms with Crippen LogP contribution >= 0.6 is 15.8 Å². The molecule has 194 valence electrons. The van der Waals surface area contributed by atoms with E-state index in [1.807, 2.05) is 0 Å². The molecule has 6 rings (SSSR count). The summed E-state index contributed by atoms with van der Waals surface area (Å²) in [6, 6.07) is 52.4. The minimum absolute atomic E-state index is 0.223. The van der Waals surface area contributed by atoms with Crippen LogP contribution in [0.1, 0.15) is 30.9 Å². The van der Waals surface area contributed by atoms with Crippen molar-refractivity contribution < 1.29 is 5.11 Å². The van der Waals surface area contributed by atoms with E-state index in [-0.39, 0.29) is 5.92 Å². The molecule has 3 heteroatoms. The van der Waals surface area contributed by atoms with Crippen molar-refractivity contribution in [1.29, 1.82) is 0 Å². The molecule has 0 heterocycles. The molecule has 0 bridgehead atoms. The Morgan fingerprint density at radius 2 is 0.949 bits per heavy atom. The number of aliphatic hydroxyl groups excluding tert-OH is 1. The lowest BCUT2D eigenvalue weighted by Gasteiger charge is -2.34. The fourth-order valence-electron chi connectivity index (χ4n) is 6.12. The number of benzene rings is 5. The molecule has 1 aliphatic carbocycles.